The predicted molar refractivity (Wildman–Crippen MR) is 48.0 cm³/mol. The molecule has 2 rings (SSSR count). The van der Waals surface area contributed by atoms with Crippen LogP contribution in [0.2, 0.25) is 0 Å². The topological polar surface area (TPSA) is 24.1 Å². The highest BCUT2D eigenvalue weighted by Gasteiger charge is 2.12. The minimum absolute atomic E-state index is 0.197. The van der Waals surface area contributed by atoms with E-state index in [-0.39, 0.29) is 5.82 Å². The summed E-state index contributed by atoms with van der Waals surface area (Å²) in [7, 11) is 0. The molecule has 0 aromatic heterocycles. The van der Waals surface area contributed by atoms with Crippen molar-refractivity contribution in [2.45, 2.75) is 13.0 Å². The molecule has 1 unspecified atom stereocenters. The van der Waals surface area contributed by atoms with Crippen molar-refractivity contribution in [1.82, 2.24) is 0 Å². The van der Waals surface area contributed by atoms with E-state index in [0.717, 1.165) is 17.9 Å². The van der Waals surface area contributed by atoms with Crippen LogP contribution in [-0.4, -0.2) is 12.6 Å². The van der Waals surface area contributed by atoms with Gasteiger partial charge in [0.2, 0.25) is 0 Å². The van der Waals surface area contributed by atoms with Gasteiger partial charge in [-0.1, -0.05) is 0 Å². The summed E-state index contributed by atoms with van der Waals surface area (Å²) < 4.78 is 12.8. The van der Waals surface area contributed by atoms with Gasteiger partial charge in [0.25, 0.3) is 0 Å². The first-order valence-corrected chi connectivity index (χ1v) is 4.05. The fourth-order valence-corrected chi connectivity index (χ4v) is 1.37. The first-order valence-electron chi connectivity index (χ1n) is 4.05. The smallest absolute Gasteiger partial charge is 0.125 e. The van der Waals surface area contributed by atoms with E-state index in [0.29, 0.717) is 6.04 Å². The summed E-state index contributed by atoms with van der Waals surface area (Å²) in [5, 5.41) is 6.41. The van der Waals surface area contributed by atoms with E-state index in [1.165, 1.54) is 12.1 Å². The molecule has 0 saturated heterocycles. The molecule has 1 aromatic carbocycles. The Kier molecular flexibility index (Phi) is 1.64. The quantitative estimate of drug-likeness (QED) is 0.616. The van der Waals surface area contributed by atoms with Crippen LogP contribution in [0.15, 0.2) is 18.2 Å². The first kappa shape index (κ1) is 7.40. The molecule has 1 aliphatic heterocycles. The Labute approximate surface area is 70.8 Å². The van der Waals surface area contributed by atoms with Gasteiger partial charge in [0, 0.05) is 12.6 Å². The van der Waals surface area contributed by atoms with Crippen LogP contribution < -0.4 is 10.6 Å². The lowest BCUT2D eigenvalue weighted by Crippen LogP contribution is -2.29. The van der Waals surface area contributed by atoms with Crippen LogP contribution in [-0.2, 0) is 0 Å². The van der Waals surface area contributed by atoms with Gasteiger partial charge in [-0.15, -0.1) is 0 Å². The van der Waals surface area contributed by atoms with E-state index in [1.807, 2.05) is 0 Å². The highest BCUT2D eigenvalue weighted by atomic mass is 19.1. The van der Waals surface area contributed by atoms with E-state index < -0.39 is 0 Å². The molecule has 0 radical (unpaired) electrons. The molecule has 0 bridgehead atoms. The predicted octanol–water partition coefficient (Wildman–Crippen LogP) is 2.05. The number of benzene rings is 1. The molecule has 2 nitrogen and oxygen atoms in total. The Morgan fingerprint density at radius 2 is 2.25 bits per heavy atom. The molecule has 0 amide bonds. The molecule has 2 N–H and O–H groups in total. The summed E-state index contributed by atoms with van der Waals surface area (Å²) >= 11 is 0. The summed E-state index contributed by atoms with van der Waals surface area (Å²) in [5.74, 6) is -0.197. The van der Waals surface area contributed by atoms with E-state index >= 15 is 0 Å². The van der Waals surface area contributed by atoms with Gasteiger partial charge < -0.3 is 10.6 Å². The molecule has 3 heteroatoms. The SMILES string of the molecule is CC1CNc2ccc(F)cc2N1. The molecule has 1 atom stereocenters. The third-order valence-electron chi connectivity index (χ3n) is 1.98. The fraction of sp³-hybridized carbons (Fsp3) is 0.333. The number of hydrogen-bond donors (Lipinski definition) is 2. The maximum absolute atomic E-state index is 12.8. The van der Waals surface area contributed by atoms with Gasteiger partial charge in [0.1, 0.15) is 5.82 Å². The Hall–Kier alpha value is -1.25. The number of anilines is 2. The van der Waals surface area contributed by atoms with Crippen molar-refractivity contribution in [3.63, 3.8) is 0 Å². The maximum atomic E-state index is 12.8. The number of halogens is 1. The summed E-state index contributed by atoms with van der Waals surface area (Å²) in [6.45, 7) is 2.94. The highest BCUT2D eigenvalue weighted by Crippen LogP contribution is 2.26. The monoisotopic (exact) mass is 166 g/mol. The molecule has 0 saturated carbocycles. The molecule has 1 aliphatic rings. The zero-order valence-electron chi connectivity index (χ0n) is 6.89. The normalized spacial score (nSPS) is 20.7. The molecule has 1 heterocycles. The molecule has 64 valence electrons. The van der Waals surface area contributed by atoms with Crippen LogP contribution in [0.25, 0.3) is 0 Å². The Bertz CT molecular complexity index is 299. The molecule has 12 heavy (non-hydrogen) atoms. The number of fused-ring (bicyclic) bond motifs is 1. The molecule has 0 aliphatic carbocycles. The van der Waals surface area contributed by atoms with Gasteiger partial charge in [0.15, 0.2) is 0 Å². The lowest BCUT2D eigenvalue weighted by Gasteiger charge is -2.25. The van der Waals surface area contributed by atoms with Gasteiger partial charge >= 0.3 is 0 Å². The van der Waals surface area contributed by atoms with Crippen molar-refractivity contribution in [2.24, 2.45) is 0 Å². The molecular weight excluding hydrogens is 155 g/mol. The Balaban J connectivity index is 2.37. The van der Waals surface area contributed by atoms with E-state index in [4.69, 9.17) is 0 Å². The number of hydrogen-bond acceptors (Lipinski definition) is 2. The second kappa shape index (κ2) is 2.66. The van der Waals surface area contributed by atoms with Crippen molar-refractivity contribution in [2.75, 3.05) is 17.2 Å². The van der Waals surface area contributed by atoms with Crippen molar-refractivity contribution < 1.29 is 4.39 Å². The second-order valence-electron chi connectivity index (χ2n) is 3.12. The minimum atomic E-state index is -0.197. The third-order valence-corrected chi connectivity index (χ3v) is 1.98. The van der Waals surface area contributed by atoms with Gasteiger partial charge in [-0.25, -0.2) is 4.39 Å². The average Bonchev–Trinajstić information content (AvgIpc) is 2.03. The first-order chi connectivity index (χ1) is 5.75. The van der Waals surface area contributed by atoms with E-state index in [9.17, 15) is 4.39 Å². The van der Waals surface area contributed by atoms with Gasteiger partial charge in [-0.3, -0.25) is 0 Å². The zero-order chi connectivity index (χ0) is 8.55. The van der Waals surface area contributed by atoms with Crippen LogP contribution in [0.1, 0.15) is 6.92 Å². The largest absolute Gasteiger partial charge is 0.381 e. The molecule has 0 fully saturated rings. The number of rotatable bonds is 0. The Morgan fingerprint density at radius 3 is 3.08 bits per heavy atom. The third kappa shape index (κ3) is 1.22. The van der Waals surface area contributed by atoms with Crippen LogP contribution in [0.4, 0.5) is 15.8 Å². The van der Waals surface area contributed by atoms with Crippen LogP contribution in [0.3, 0.4) is 0 Å². The molecule has 0 spiro atoms. The van der Waals surface area contributed by atoms with Crippen molar-refractivity contribution in [3.8, 4) is 0 Å². The summed E-state index contributed by atoms with van der Waals surface area (Å²) in [6, 6.07) is 5.09. The van der Waals surface area contributed by atoms with Crippen LogP contribution in [0, 0.1) is 5.82 Å². The lowest BCUT2D eigenvalue weighted by molar-refractivity contribution is 0.627. The van der Waals surface area contributed by atoms with Crippen molar-refractivity contribution >= 4 is 11.4 Å². The van der Waals surface area contributed by atoms with Gasteiger partial charge in [0.05, 0.1) is 11.4 Å². The molecule has 1 aromatic rings. The summed E-state index contributed by atoms with van der Waals surface area (Å²) in [5.41, 5.74) is 1.84. The highest BCUT2D eigenvalue weighted by molar-refractivity contribution is 5.71. The lowest BCUT2D eigenvalue weighted by atomic mass is 10.2. The fourth-order valence-electron chi connectivity index (χ4n) is 1.37. The van der Waals surface area contributed by atoms with Crippen molar-refractivity contribution in [1.29, 1.82) is 0 Å². The average molecular weight is 166 g/mol. The second-order valence-corrected chi connectivity index (χ2v) is 3.12. The van der Waals surface area contributed by atoms with Crippen molar-refractivity contribution in [3.05, 3.63) is 24.0 Å². The van der Waals surface area contributed by atoms with E-state index in [1.54, 1.807) is 6.07 Å². The van der Waals surface area contributed by atoms with Crippen LogP contribution >= 0.6 is 0 Å². The zero-order valence-corrected chi connectivity index (χ0v) is 6.89. The standard InChI is InChI=1S/C9H11FN2/c1-6-5-11-8-3-2-7(10)4-9(8)12-6/h2-4,6,11-12H,5H2,1H3. The Morgan fingerprint density at radius 1 is 1.42 bits per heavy atom. The summed E-state index contributed by atoms with van der Waals surface area (Å²) in [6.07, 6.45) is 0. The van der Waals surface area contributed by atoms with E-state index in [2.05, 4.69) is 17.6 Å². The maximum Gasteiger partial charge on any atom is 0.125 e. The molecular formula is C9H11FN2. The summed E-state index contributed by atoms with van der Waals surface area (Å²) in [4.78, 5) is 0. The van der Waals surface area contributed by atoms with Crippen LogP contribution in [0.5, 0.6) is 0 Å². The minimum Gasteiger partial charge on any atom is -0.381 e. The number of nitrogens with one attached hydrogen (secondary N) is 2. The van der Waals surface area contributed by atoms with Gasteiger partial charge in [-0.2, -0.15) is 0 Å². The van der Waals surface area contributed by atoms with Gasteiger partial charge in [-0.05, 0) is 25.1 Å².